The molecule has 5 nitrogen and oxygen atoms in total. The summed E-state index contributed by atoms with van der Waals surface area (Å²) in [6.07, 6.45) is 11.1. The molecule has 0 radical (unpaired) electrons. The van der Waals surface area contributed by atoms with Crippen molar-refractivity contribution in [3.8, 4) is 33.4 Å². The summed E-state index contributed by atoms with van der Waals surface area (Å²) >= 11 is 0. The number of benzene rings is 5. The van der Waals surface area contributed by atoms with Crippen LogP contribution in [0.4, 0.5) is 34.1 Å². The summed E-state index contributed by atoms with van der Waals surface area (Å²) in [4.78, 5) is 17.7. The van der Waals surface area contributed by atoms with E-state index in [1.807, 2.05) is 37.2 Å². The van der Waals surface area contributed by atoms with Gasteiger partial charge in [0.05, 0.1) is 0 Å². The molecule has 0 amide bonds. The zero-order valence-corrected chi connectivity index (χ0v) is 28.6. The molecule has 5 aromatic carbocycles. The van der Waals surface area contributed by atoms with E-state index in [-0.39, 0.29) is 6.71 Å². The number of rotatable bonds is 5. The Labute approximate surface area is 303 Å². The van der Waals surface area contributed by atoms with E-state index in [4.69, 9.17) is 0 Å². The molecule has 5 heterocycles. The number of hydrogen-bond donors (Lipinski definition) is 0. The molecule has 2 aliphatic heterocycles. The van der Waals surface area contributed by atoms with Crippen molar-refractivity contribution >= 4 is 57.2 Å². The number of anilines is 6. The van der Waals surface area contributed by atoms with Gasteiger partial charge in [-0.1, -0.05) is 54.6 Å². The zero-order valence-electron chi connectivity index (χ0n) is 28.6. The van der Waals surface area contributed by atoms with Gasteiger partial charge < -0.3 is 9.80 Å². The van der Waals surface area contributed by atoms with E-state index >= 15 is 0 Å². The van der Waals surface area contributed by atoms with Gasteiger partial charge in [0.1, 0.15) is 0 Å². The monoisotopic (exact) mass is 665 g/mol. The normalized spacial score (nSPS) is 12.6. The molecule has 0 atom stereocenters. The molecule has 8 aromatic rings. The Balaban J connectivity index is 1.20. The third kappa shape index (κ3) is 4.91. The van der Waals surface area contributed by atoms with Crippen molar-refractivity contribution in [1.29, 1.82) is 0 Å². The van der Waals surface area contributed by atoms with Crippen LogP contribution < -0.4 is 26.2 Å². The summed E-state index contributed by atoms with van der Waals surface area (Å²) in [6, 6.07) is 50.9. The minimum Gasteiger partial charge on any atom is -0.311 e. The minimum atomic E-state index is 0.0401. The maximum atomic E-state index is 4.30. The van der Waals surface area contributed by atoms with E-state index in [0.29, 0.717) is 0 Å². The first kappa shape index (κ1) is 30.1. The van der Waals surface area contributed by atoms with Crippen molar-refractivity contribution in [3.05, 3.63) is 182 Å². The maximum absolute atomic E-state index is 4.30. The molecule has 0 saturated carbocycles. The highest BCUT2D eigenvalue weighted by Crippen LogP contribution is 2.45. The standard InChI is InChI=1S/C46H32BN5/c1-31-28-44-46-45(29-31)52(39-13-8-33(9-14-39)35-18-24-49-25-19-35)43-15-10-37(36-20-26-50-27-21-36)30-41(43)47(46)40-4-2-3-5-42(40)51(44)38-11-6-32(7-12-38)34-16-22-48-23-17-34/h2-30H,1H3. The van der Waals surface area contributed by atoms with Crippen LogP contribution in [0.5, 0.6) is 0 Å². The molecule has 0 aliphatic carbocycles. The van der Waals surface area contributed by atoms with Gasteiger partial charge >= 0.3 is 0 Å². The fourth-order valence-electron chi connectivity index (χ4n) is 8.06. The maximum Gasteiger partial charge on any atom is 0.252 e. The molecule has 2 aliphatic rings. The summed E-state index contributed by atoms with van der Waals surface area (Å²) in [5, 5.41) is 0. The highest BCUT2D eigenvalue weighted by Gasteiger charge is 2.43. The number of fused-ring (bicyclic) bond motifs is 4. The van der Waals surface area contributed by atoms with Gasteiger partial charge in [-0.25, -0.2) is 0 Å². The quantitative estimate of drug-likeness (QED) is 0.172. The summed E-state index contributed by atoms with van der Waals surface area (Å²) < 4.78 is 0. The molecular weight excluding hydrogens is 633 g/mol. The Morgan fingerprint density at radius 2 is 0.808 bits per heavy atom. The molecule has 3 aromatic heterocycles. The van der Waals surface area contributed by atoms with Gasteiger partial charge in [-0.15, -0.1) is 0 Å². The van der Waals surface area contributed by atoms with E-state index < -0.39 is 0 Å². The molecule has 0 unspecified atom stereocenters. The Morgan fingerprint density at radius 1 is 0.385 bits per heavy atom. The lowest BCUT2D eigenvalue weighted by molar-refractivity contribution is 1.24. The zero-order chi connectivity index (χ0) is 34.6. The second-order valence-corrected chi connectivity index (χ2v) is 13.5. The Kier molecular flexibility index (Phi) is 7.07. The molecule has 0 spiro atoms. The van der Waals surface area contributed by atoms with E-state index in [9.17, 15) is 0 Å². The highest BCUT2D eigenvalue weighted by molar-refractivity contribution is 7.00. The van der Waals surface area contributed by atoms with Crippen LogP contribution in [0.1, 0.15) is 5.56 Å². The van der Waals surface area contributed by atoms with E-state index in [0.717, 1.165) is 33.6 Å². The molecule has 244 valence electrons. The van der Waals surface area contributed by atoms with E-state index in [1.165, 1.54) is 55.8 Å². The molecule has 0 saturated heterocycles. The lowest BCUT2D eigenvalue weighted by Crippen LogP contribution is -2.61. The summed E-state index contributed by atoms with van der Waals surface area (Å²) in [7, 11) is 0. The average molecular weight is 666 g/mol. The predicted octanol–water partition coefficient (Wildman–Crippen LogP) is 9.26. The second kappa shape index (κ2) is 12.2. The van der Waals surface area contributed by atoms with Crippen LogP contribution in [-0.2, 0) is 0 Å². The van der Waals surface area contributed by atoms with Crippen molar-refractivity contribution in [3.63, 3.8) is 0 Å². The first-order valence-electron chi connectivity index (χ1n) is 17.6. The van der Waals surface area contributed by atoms with E-state index in [1.54, 1.807) is 0 Å². The lowest BCUT2D eigenvalue weighted by atomic mass is 9.33. The first-order valence-corrected chi connectivity index (χ1v) is 17.6. The molecule has 0 N–H and O–H groups in total. The van der Waals surface area contributed by atoms with Crippen LogP contribution in [-0.4, -0.2) is 21.7 Å². The highest BCUT2D eigenvalue weighted by atomic mass is 15.2. The van der Waals surface area contributed by atoms with Gasteiger partial charge in [-0.05, 0) is 147 Å². The Bertz CT molecular complexity index is 2560. The SMILES string of the molecule is Cc1cc2c3c(c1)N(c1ccc(-c4ccncc4)cc1)c1ccc(-c4ccncc4)cc1B3c1ccccc1N2c1ccc(-c2ccncc2)cc1. The van der Waals surface area contributed by atoms with Crippen LogP contribution in [0, 0.1) is 6.92 Å². The molecular formula is C46H32BN5. The third-order valence-electron chi connectivity index (χ3n) is 10.4. The van der Waals surface area contributed by atoms with Gasteiger partial charge in [0.15, 0.2) is 0 Å². The number of aryl methyl sites for hydroxylation is 1. The number of aromatic nitrogens is 3. The van der Waals surface area contributed by atoms with Gasteiger partial charge in [0.25, 0.3) is 6.71 Å². The molecule has 52 heavy (non-hydrogen) atoms. The van der Waals surface area contributed by atoms with Crippen molar-refractivity contribution in [2.45, 2.75) is 6.92 Å². The van der Waals surface area contributed by atoms with Gasteiger partial charge in [-0.3, -0.25) is 15.0 Å². The Hall–Kier alpha value is -6.79. The van der Waals surface area contributed by atoms with E-state index in [2.05, 4.69) is 171 Å². The summed E-state index contributed by atoms with van der Waals surface area (Å²) in [5.74, 6) is 0. The van der Waals surface area contributed by atoms with Gasteiger partial charge in [-0.2, -0.15) is 0 Å². The molecule has 0 bridgehead atoms. The first-order chi connectivity index (χ1) is 25.7. The molecule has 10 rings (SSSR count). The van der Waals surface area contributed by atoms with Crippen LogP contribution in [0.25, 0.3) is 33.4 Å². The predicted molar refractivity (Wildman–Crippen MR) is 215 cm³/mol. The fraction of sp³-hybridized carbons (Fsp3) is 0.0217. The lowest BCUT2D eigenvalue weighted by Gasteiger charge is -2.44. The average Bonchev–Trinajstić information content (AvgIpc) is 3.21. The van der Waals surface area contributed by atoms with Crippen molar-refractivity contribution in [1.82, 2.24) is 15.0 Å². The van der Waals surface area contributed by atoms with Crippen LogP contribution >= 0.6 is 0 Å². The molecule has 6 heteroatoms. The van der Waals surface area contributed by atoms with Crippen LogP contribution in [0.15, 0.2) is 177 Å². The summed E-state index contributed by atoms with van der Waals surface area (Å²) in [5.41, 5.74) is 19.1. The second-order valence-electron chi connectivity index (χ2n) is 13.5. The van der Waals surface area contributed by atoms with Crippen molar-refractivity contribution in [2.75, 3.05) is 9.80 Å². The Morgan fingerprint density at radius 3 is 1.33 bits per heavy atom. The van der Waals surface area contributed by atoms with Gasteiger partial charge in [0.2, 0.25) is 0 Å². The fourth-order valence-corrected chi connectivity index (χ4v) is 8.06. The summed E-state index contributed by atoms with van der Waals surface area (Å²) in [6.45, 7) is 2.25. The third-order valence-corrected chi connectivity index (χ3v) is 10.4. The van der Waals surface area contributed by atoms with Crippen LogP contribution in [0.2, 0.25) is 0 Å². The number of hydrogen-bond acceptors (Lipinski definition) is 5. The topological polar surface area (TPSA) is 45.2 Å². The smallest absolute Gasteiger partial charge is 0.252 e. The van der Waals surface area contributed by atoms with Crippen LogP contribution in [0.3, 0.4) is 0 Å². The molecule has 0 fully saturated rings. The van der Waals surface area contributed by atoms with Crippen molar-refractivity contribution < 1.29 is 0 Å². The number of nitrogens with zero attached hydrogens (tertiary/aromatic N) is 5. The number of pyridine rings is 3. The van der Waals surface area contributed by atoms with Gasteiger partial charge in [0, 0.05) is 71.3 Å². The largest absolute Gasteiger partial charge is 0.311 e. The minimum absolute atomic E-state index is 0.0401. The number of para-hydroxylation sites is 1. The van der Waals surface area contributed by atoms with Crippen molar-refractivity contribution in [2.24, 2.45) is 0 Å².